The average molecular weight is 352 g/mol. The van der Waals surface area contributed by atoms with Gasteiger partial charge in [0.2, 0.25) is 5.91 Å². The summed E-state index contributed by atoms with van der Waals surface area (Å²) in [5.41, 5.74) is 1.82. The highest BCUT2D eigenvalue weighted by atomic mass is 32.2. The lowest BCUT2D eigenvalue weighted by molar-refractivity contribution is 0.0914. The van der Waals surface area contributed by atoms with Gasteiger partial charge < -0.3 is 9.64 Å². The van der Waals surface area contributed by atoms with E-state index in [1.807, 2.05) is 38.5 Å². The smallest absolute Gasteiger partial charge is 0.232 e. The number of rotatable bonds is 7. The first kappa shape index (κ1) is 18.5. The van der Waals surface area contributed by atoms with E-state index >= 15 is 0 Å². The summed E-state index contributed by atoms with van der Waals surface area (Å²) >= 11 is 0. The molecule has 0 aliphatic heterocycles. The van der Waals surface area contributed by atoms with E-state index in [2.05, 4.69) is 4.90 Å². The van der Waals surface area contributed by atoms with Crippen LogP contribution < -0.4 is 4.74 Å². The third-order valence-corrected chi connectivity index (χ3v) is 4.82. The Bertz CT molecular complexity index is 838. The zero-order valence-electron chi connectivity index (χ0n) is 14.6. The molecule has 132 valence electrons. The molecule has 1 aromatic heterocycles. The number of ether oxygens (including phenoxy) is 1. The number of benzene rings is 1. The number of hydrogen-bond acceptors (Lipinski definition) is 5. The molecule has 0 amide bonds. The van der Waals surface area contributed by atoms with Crippen LogP contribution in [0.25, 0.3) is 10.9 Å². The van der Waals surface area contributed by atoms with E-state index in [1.165, 1.54) is 0 Å². The molecule has 1 heterocycles. The number of nitrogens with zero attached hydrogens (tertiary/aromatic N) is 2. The minimum atomic E-state index is -3.17. The Morgan fingerprint density at radius 2 is 2.00 bits per heavy atom. The minimum absolute atomic E-state index is 0.0348. The molecule has 0 saturated carbocycles. The van der Waals surface area contributed by atoms with Crippen molar-refractivity contribution in [1.82, 2.24) is 9.47 Å². The maximum atomic E-state index is 12.5. The number of aromatic nitrogens is 1. The molecular weight excluding hydrogens is 328 g/mol. The highest BCUT2D eigenvalue weighted by Crippen LogP contribution is 2.26. The minimum Gasteiger partial charge on any atom is -0.497 e. The van der Waals surface area contributed by atoms with Crippen LogP contribution in [0.5, 0.6) is 5.75 Å². The van der Waals surface area contributed by atoms with E-state index in [9.17, 15) is 13.2 Å². The zero-order valence-corrected chi connectivity index (χ0v) is 15.4. The van der Waals surface area contributed by atoms with E-state index in [0.29, 0.717) is 5.75 Å². The van der Waals surface area contributed by atoms with E-state index < -0.39 is 9.84 Å². The van der Waals surface area contributed by atoms with E-state index in [0.717, 1.165) is 35.7 Å². The molecule has 0 aliphatic carbocycles. The molecule has 0 bridgehead atoms. The molecule has 0 aliphatic rings. The molecule has 0 N–H and O–H groups in total. The van der Waals surface area contributed by atoms with Crippen LogP contribution in [0.2, 0.25) is 0 Å². The standard InChI is InChI=1S/C17H24N2O4S/c1-18(2)9-7-13-12-19(17(20)8-10-24(4,21)22)16-11-14(23-3)5-6-15(13)16/h5-6,11-12H,7-10H2,1-4H3. The van der Waals surface area contributed by atoms with E-state index in [-0.39, 0.29) is 18.1 Å². The van der Waals surface area contributed by atoms with Crippen molar-refractivity contribution in [2.75, 3.05) is 39.8 Å². The highest BCUT2D eigenvalue weighted by Gasteiger charge is 2.16. The first-order valence-corrected chi connectivity index (χ1v) is 9.81. The first-order chi connectivity index (χ1) is 11.2. The summed E-state index contributed by atoms with van der Waals surface area (Å²) in [4.78, 5) is 14.6. The number of carbonyl (C=O) groups is 1. The van der Waals surface area contributed by atoms with Crippen LogP contribution in [0.3, 0.4) is 0 Å². The summed E-state index contributed by atoms with van der Waals surface area (Å²) in [6, 6.07) is 5.62. The summed E-state index contributed by atoms with van der Waals surface area (Å²) in [5, 5.41) is 0.991. The molecule has 2 aromatic rings. The predicted molar refractivity (Wildman–Crippen MR) is 95.7 cm³/mol. The molecule has 7 heteroatoms. The SMILES string of the molecule is COc1ccc2c(CCN(C)C)cn(C(=O)CCS(C)(=O)=O)c2c1. The van der Waals surface area contributed by atoms with Gasteiger partial charge in [0.1, 0.15) is 15.6 Å². The van der Waals surface area contributed by atoms with Gasteiger partial charge in [0.25, 0.3) is 0 Å². The van der Waals surface area contributed by atoms with Crippen LogP contribution in [-0.2, 0) is 16.3 Å². The van der Waals surface area contributed by atoms with Gasteiger partial charge in [0.05, 0.1) is 18.4 Å². The fourth-order valence-electron chi connectivity index (χ4n) is 2.55. The number of sulfone groups is 1. The Labute approximate surface area is 142 Å². The molecule has 24 heavy (non-hydrogen) atoms. The van der Waals surface area contributed by atoms with Gasteiger partial charge in [-0.2, -0.15) is 0 Å². The van der Waals surface area contributed by atoms with Gasteiger partial charge in [-0.3, -0.25) is 9.36 Å². The highest BCUT2D eigenvalue weighted by molar-refractivity contribution is 7.90. The Morgan fingerprint density at radius 1 is 1.29 bits per heavy atom. The van der Waals surface area contributed by atoms with Gasteiger partial charge in [-0.05, 0) is 38.2 Å². The molecular formula is C17H24N2O4S. The molecule has 1 aromatic carbocycles. The quantitative estimate of drug-likeness (QED) is 0.760. The van der Waals surface area contributed by atoms with E-state index in [1.54, 1.807) is 11.7 Å². The van der Waals surface area contributed by atoms with E-state index in [4.69, 9.17) is 4.74 Å². The zero-order chi connectivity index (χ0) is 17.9. The second-order valence-corrected chi connectivity index (χ2v) is 8.49. The molecule has 0 atom stereocenters. The number of hydrogen-bond donors (Lipinski definition) is 0. The fraction of sp³-hybridized carbons (Fsp3) is 0.471. The molecule has 2 rings (SSSR count). The number of methoxy groups -OCH3 is 1. The molecule has 0 unspecified atom stereocenters. The predicted octanol–water partition coefficient (Wildman–Crippen LogP) is 1.83. The van der Waals surface area contributed by atoms with Crippen molar-refractivity contribution in [3.63, 3.8) is 0 Å². The third kappa shape index (κ3) is 4.58. The van der Waals surface area contributed by atoms with Crippen molar-refractivity contribution in [1.29, 1.82) is 0 Å². The van der Waals surface area contributed by atoms with Gasteiger partial charge in [-0.1, -0.05) is 0 Å². The maximum absolute atomic E-state index is 12.5. The fourth-order valence-corrected chi connectivity index (χ4v) is 3.09. The lowest BCUT2D eigenvalue weighted by atomic mass is 10.1. The van der Waals surface area contributed by atoms with Crippen molar-refractivity contribution in [2.24, 2.45) is 0 Å². The molecule has 0 radical (unpaired) electrons. The average Bonchev–Trinajstić information content (AvgIpc) is 2.87. The molecule has 0 spiro atoms. The summed E-state index contributed by atoms with van der Waals surface area (Å²) in [6.07, 6.45) is 3.73. The number of likely N-dealkylation sites (N-methyl/N-ethyl adjacent to an activating group) is 1. The largest absolute Gasteiger partial charge is 0.497 e. The van der Waals surface area contributed by atoms with Gasteiger partial charge in [0.15, 0.2) is 0 Å². The lowest BCUT2D eigenvalue weighted by Gasteiger charge is -2.08. The van der Waals surface area contributed by atoms with Crippen LogP contribution in [0, 0.1) is 0 Å². The van der Waals surface area contributed by atoms with Crippen molar-refractivity contribution in [3.8, 4) is 5.75 Å². The van der Waals surface area contributed by atoms with Gasteiger partial charge in [0, 0.05) is 36.9 Å². The third-order valence-electron chi connectivity index (χ3n) is 3.88. The van der Waals surface area contributed by atoms with Crippen LogP contribution in [0.4, 0.5) is 0 Å². The Morgan fingerprint density at radius 3 is 2.58 bits per heavy atom. The van der Waals surface area contributed by atoms with Gasteiger partial charge >= 0.3 is 0 Å². The van der Waals surface area contributed by atoms with Crippen LogP contribution in [-0.4, -0.2) is 63.6 Å². The molecule has 0 saturated heterocycles. The summed E-state index contributed by atoms with van der Waals surface area (Å²) in [6.45, 7) is 0.864. The Hall–Kier alpha value is -1.86. The van der Waals surface area contributed by atoms with Crippen molar-refractivity contribution < 1.29 is 17.9 Å². The summed E-state index contributed by atoms with van der Waals surface area (Å²) in [5.74, 6) is 0.286. The second-order valence-electron chi connectivity index (χ2n) is 6.23. The lowest BCUT2D eigenvalue weighted by Crippen LogP contribution is -2.16. The maximum Gasteiger partial charge on any atom is 0.232 e. The van der Waals surface area contributed by atoms with Crippen molar-refractivity contribution >= 4 is 26.6 Å². The topological polar surface area (TPSA) is 68.6 Å². The summed E-state index contributed by atoms with van der Waals surface area (Å²) < 4.78 is 29.5. The molecule has 0 fully saturated rings. The van der Waals surface area contributed by atoms with Crippen LogP contribution in [0.1, 0.15) is 16.8 Å². The molecule has 6 nitrogen and oxygen atoms in total. The second kappa shape index (κ2) is 7.36. The normalized spacial score (nSPS) is 12.0. The van der Waals surface area contributed by atoms with Crippen molar-refractivity contribution in [2.45, 2.75) is 12.8 Å². The monoisotopic (exact) mass is 352 g/mol. The van der Waals surface area contributed by atoms with Gasteiger partial charge in [-0.25, -0.2) is 8.42 Å². The van der Waals surface area contributed by atoms with Crippen LogP contribution in [0.15, 0.2) is 24.4 Å². The Balaban J connectivity index is 2.41. The number of fused-ring (bicyclic) bond motifs is 1. The van der Waals surface area contributed by atoms with Gasteiger partial charge in [-0.15, -0.1) is 0 Å². The van der Waals surface area contributed by atoms with Crippen molar-refractivity contribution in [3.05, 3.63) is 30.0 Å². The van der Waals surface area contributed by atoms with Crippen LogP contribution >= 0.6 is 0 Å². The summed E-state index contributed by atoms with van der Waals surface area (Å²) in [7, 11) is 2.40. The Kier molecular flexibility index (Phi) is 5.66. The number of carbonyl (C=O) groups excluding carboxylic acids is 1. The first-order valence-electron chi connectivity index (χ1n) is 7.75.